The maximum Gasteiger partial charge on any atom is 0.270 e. The molecule has 1 fully saturated rings. The summed E-state index contributed by atoms with van der Waals surface area (Å²) in [5, 5.41) is 0. The molecule has 114 valence electrons. The number of amides is 1. The number of hydrogen-bond acceptors (Lipinski definition) is 3. The van der Waals surface area contributed by atoms with Gasteiger partial charge in [0.1, 0.15) is 5.69 Å². The first-order valence-electron chi connectivity index (χ1n) is 6.74. The lowest BCUT2D eigenvalue weighted by Gasteiger charge is -2.38. The Bertz CT molecular complexity index is 461. The molecule has 1 saturated heterocycles. The summed E-state index contributed by atoms with van der Waals surface area (Å²) >= 11 is 0. The molecule has 1 aromatic heterocycles. The van der Waals surface area contributed by atoms with Crippen molar-refractivity contribution in [2.75, 3.05) is 20.2 Å². The fourth-order valence-electron chi connectivity index (χ4n) is 2.69. The molecule has 2 atom stereocenters. The van der Waals surface area contributed by atoms with Crippen LogP contribution < -0.4 is 5.73 Å². The predicted molar refractivity (Wildman–Crippen MR) is 81.3 cm³/mol. The van der Waals surface area contributed by atoms with Crippen LogP contribution in [0.15, 0.2) is 12.1 Å². The van der Waals surface area contributed by atoms with Crippen molar-refractivity contribution in [2.45, 2.75) is 31.9 Å². The summed E-state index contributed by atoms with van der Waals surface area (Å²) in [5.74, 6) is 0.0700. The first-order valence-corrected chi connectivity index (χ1v) is 6.74. The van der Waals surface area contributed by atoms with E-state index in [0.29, 0.717) is 13.1 Å². The molecule has 2 heterocycles. The van der Waals surface area contributed by atoms with Gasteiger partial charge in [-0.05, 0) is 31.9 Å². The van der Waals surface area contributed by atoms with E-state index in [9.17, 15) is 4.79 Å². The second-order valence-corrected chi connectivity index (χ2v) is 5.19. The smallest absolute Gasteiger partial charge is 0.270 e. The summed E-state index contributed by atoms with van der Waals surface area (Å²) in [6.45, 7) is 3.19. The minimum absolute atomic E-state index is 0. The summed E-state index contributed by atoms with van der Waals surface area (Å²) in [4.78, 5) is 14.5. The third kappa shape index (κ3) is 3.16. The van der Waals surface area contributed by atoms with Gasteiger partial charge in [-0.1, -0.05) is 0 Å². The Morgan fingerprint density at radius 3 is 2.70 bits per heavy atom. The maximum absolute atomic E-state index is 12.6. The minimum atomic E-state index is 0. The summed E-state index contributed by atoms with van der Waals surface area (Å²) in [6.07, 6.45) is 1.91. The standard InChI is InChI=1S/C14H23N3O2.ClH/c1-10-4-5-13(16(10)2)14(18)17-7-6-12(19-3)8-11(17)9-15;/h4-5,11-12H,6-9,15H2,1-3H3;1H. The zero-order valence-corrected chi connectivity index (χ0v) is 13.2. The molecule has 0 aliphatic carbocycles. The lowest BCUT2D eigenvalue weighted by atomic mass is 9.99. The van der Waals surface area contributed by atoms with Gasteiger partial charge in [0, 0.05) is 39.0 Å². The van der Waals surface area contributed by atoms with Crippen LogP contribution in [0.25, 0.3) is 0 Å². The van der Waals surface area contributed by atoms with Crippen molar-refractivity contribution in [2.24, 2.45) is 12.8 Å². The first kappa shape index (κ1) is 17.0. The van der Waals surface area contributed by atoms with Crippen LogP contribution in [0, 0.1) is 6.92 Å². The molecule has 0 bridgehead atoms. The van der Waals surface area contributed by atoms with E-state index in [0.717, 1.165) is 24.2 Å². The number of methoxy groups -OCH3 is 1. The Morgan fingerprint density at radius 2 is 2.20 bits per heavy atom. The molecular weight excluding hydrogens is 278 g/mol. The number of carbonyl (C=O) groups is 1. The minimum Gasteiger partial charge on any atom is -0.381 e. The molecule has 0 saturated carbocycles. The van der Waals surface area contributed by atoms with Crippen molar-refractivity contribution < 1.29 is 9.53 Å². The highest BCUT2D eigenvalue weighted by Gasteiger charge is 2.32. The van der Waals surface area contributed by atoms with E-state index in [1.807, 2.05) is 35.6 Å². The van der Waals surface area contributed by atoms with Crippen molar-refractivity contribution in [1.82, 2.24) is 9.47 Å². The molecule has 5 nitrogen and oxygen atoms in total. The van der Waals surface area contributed by atoms with E-state index < -0.39 is 0 Å². The van der Waals surface area contributed by atoms with Crippen molar-refractivity contribution in [3.05, 3.63) is 23.5 Å². The van der Waals surface area contributed by atoms with Gasteiger partial charge < -0.3 is 19.9 Å². The number of aromatic nitrogens is 1. The molecule has 1 aliphatic rings. The van der Waals surface area contributed by atoms with Crippen molar-refractivity contribution in [3.8, 4) is 0 Å². The van der Waals surface area contributed by atoms with Crippen LogP contribution in [0.3, 0.4) is 0 Å². The fourth-order valence-corrected chi connectivity index (χ4v) is 2.69. The summed E-state index contributed by atoms with van der Waals surface area (Å²) in [6, 6.07) is 3.92. The third-order valence-corrected chi connectivity index (χ3v) is 4.13. The quantitative estimate of drug-likeness (QED) is 0.916. The van der Waals surface area contributed by atoms with E-state index in [1.54, 1.807) is 7.11 Å². The molecule has 2 rings (SSSR count). The van der Waals surface area contributed by atoms with Gasteiger partial charge in [-0.15, -0.1) is 12.4 Å². The van der Waals surface area contributed by atoms with E-state index in [1.165, 1.54) is 0 Å². The lowest BCUT2D eigenvalue weighted by molar-refractivity contribution is 0.0134. The van der Waals surface area contributed by atoms with Gasteiger partial charge in [-0.3, -0.25) is 4.79 Å². The second-order valence-electron chi connectivity index (χ2n) is 5.19. The van der Waals surface area contributed by atoms with Crippen LogP contribution >= 0.6 is 12.4 Å². The first-order chi connectivity index (χ1) is 9.08. The van der Waals surface area contributed by atoms with E-state index in [-0.39, 0.29) is 30.5 Å². The lowest BCUT2D eigenvalue weighted by Crippen LogP contribution is -2.51. The fraction of sp³-hybridized carbons (Fsp3) is 0.643. The van der Waals surface area contributed by atoms with Gasteiger partial charge in [-0.25, -0.2) is 0 Å². The van der Waals surface area contributed by atoms with Gasteiger partial charge in [-0.2, -0.15) is 0 Å². The molecule has 2 unspecified atom stereocenters. The number of likely N-dealkylation sites (tertiary alicyclic amines) is 1. The summed E-state index contributed by atoms with van der Waals surface area (Å²) in [5.41, 5.74) is 7.62. The second kappa shape index (κ2) is 7.11. The van der Waals surface area contributed by atoms with Crippen molar-refractivity contribution >= 4 is 18.3 Å². The van der Waals surface area contributed by atoms with Crippen LogP contribution in [0.2, 0.25) is 0 Å². The molecule has 2 N–H and O–H groups in total. The average Bonchev–Trinajstić information content (AvgIpc) is 2.77. The third-order valence-electron chi connectivity index (χ3n) is 4.13. The number of carbonyl (C=O) groups excluding carboxylic acids is 1. The Labute approximate surface area is 126 Å². The monoisotopic (exact) mass is 301 g/mol. The summed E-state index contributed by atoms with van der Waals surface area (Å²) in [7, 11) is 3.64. The average molecular weight is 302 g/mol. The Balaban J connectivity index is 0.00000200. The molecular formula is C14H24ClN3O2. The van der Waals surface area contributed by atoms with Gasteiger partial charge in [0.15, 0.2) is 0 Å². The number of ether oxygens (including phenoxy) is 1. The zero-order chi connectivity index (χ0) is 14.0. The molecule has 20 heavy (non-hydrogen) atoms. The molecule has 6 heteroatoms. The molecule has 1 aliphatic heterocycles. The van der Waals surface area contributed by atoms with Crippen molar-refractivity contribution in [1.29, 1.82) is 0 Å². The molecule has 1 amide bonds. The molecule has 0 aromatic carbocycles. The van der Waals surface area contributed by atoms with Crippen LogP contribution in [0.4, 0.5) is 0 Å². The number of hydrogen-bond donors (Lipinski definition) is 1. The van der Waals surface area contributed by atoms with Crippen LogP contribution in [-0.4, -0.2) is 47.7 Å². The van der Waals surface area contributed by atoms with Gasteiger partial charge >= 0.3 is 0 Å². The van der Waals surface area contributed by atoms with Crippen LogP contribution in [0.1, 0.15) is 29.0 Å². The van der Waals surface area contributed by atoms with Crippen LogP contribution in [0.5, 0.6) is 0 Å². The number of halogens is 1. The SMILES string of the molecule is COC1CCN(C(=O)c2ccc(C)n2C)C(CN)C1.Cl. The normalized spacial score (nSPS) is 22.5. The predicted octanol–water partition coefficient (Wildman–Crippen LogP) is 1.33. The Morgan fingerprint density at radius 1 is 1.50 bits per heavy atom. The Kier molecular flexibility index (Phi) is 6.05. The largest absolute Gasteiger partial charge is 0.381 e. The van der Waals surface area contributed by atoms with Gasteiger partial charge in [0.2, 0.25) is 0 Å². The molecule has 0 radical (unpaired) electrons. The number of rotatable bonds is 3. The highest BCUT2D eigenvalue weighted by atomic mass is 35.5. The van der Waals surface area contributed by atoms with Crippen LogP contribution in [-0.2, 0) is 11.8 Å². The highest BCUT2D eigenvalue weighted by Crippen LogP contribution is 2.21. The number of piperidine rings is 1. The molecule has 0 spiro atoms. The van der Waals surface area contributed by atoms with E-state index in [2.05, 4.69) is 0 Å². The molecule has 1 aromatic rings. The topological polar surface area (TPSA) is 60.5 Å². The number of aryl methyl sites for hydroxylation is 1. The van der Waals surface area contributed by atoms with Gasteiger partial charge in [0.25, 0.3) is 5.91 Å². The Hall–Kier alpha value is -1.04. The highest BCUT2D eigenvalue weighted by molar-refractivity contribution is 5.93. The van der Waals surface area contributed by atoms with E-state index in [4.69, 9.17) is 10.5 Å². The zero-order valence-electron chi connectivity index (χ0n) is 12.3. The summed E-state index contributed by atoms with van der Waals surface area (Å²) < 4.78 is 7.31. The van der Waals surface area contributed by atoms with E-state index >= 15 is 0 Å². The maximum atomic E-state index is 12.6. The van der Waals surface area contributed by atoms with Crippen molar-refractivity contribution in [3.63, 3.8) is 0 Å². The number of nitrogens with two attached hydrogens (primary N) is 1. The number of nitrogens with zero attached hydrogens (tertiary/aromatic N) is 2. The van der Waals surface area contributed by atoms with Gasteiger partial charge in [0.05, 0.1) is 6.10 Å².